The van der Waals surface area contributed by atoms with Crippen LogP contribution in [0.5, 0.6) is 0 Å². The number of nitrogens with one attached hydrogen (secondary N) is 1. The molecule has 94 valence electrons. The molecule has 1 heterocycles. The van der Waals surface area contributed by atoms with E-state index in [-0.39, 0.29) is 12.6 Å². The maximum atomic E-state index is 9.44. The summed E-state index contributed by atoms with van der Waals surface area (Å²) in [5.74, 6) is 0. The zero-order valence-corrected chi connectivity index (χ0v) is 10.8. The van der Waals surface area contributed by atoms with Gasteiger partial charge < -0.3 is 10.4 Å². The van der Waals surface area contributed by atoms with Gasteiger partial charge in [-0.2, -0.15) is 0 Å². The molecule has 0 saturated heterocycles. The molecule has 0 amide bonds. The van der Waals surface area contributed by atoms with Crippen LogP contribution in [0.15, 0.2) is 53.7 Å². The van der Waals surface area contributed by atoms with Gasteiger partial charge in [0, 0.05) is 17.3 Å². The lowest BCUT2D eigenvalue weighted by Gasteiger charge is -2.18. The SMILES string of the molecule is OC[C@H](Cc1ccccc1)Nc1ccncc1S. The quantitative estimate of drug-likeness (QED) is 0.723. The van der Waals surface area contributed by atoms with E-state index in [0.717, 1.165) is 17.0 Å². The Morgan fingerprint density at radius 3 is 2.67 bits per heavy atom. The molecule has 18 heavy (non-hydrogen) atoms. The van der Waals surface area contributed by atoms with Gasteiger partial charge in [0.25, 0.3) is 0 Å². The average molecular weight is 260 g/mol. The van der Waals surface area contributed by atoms with Crippen LogP contribution in [0.25, 0.3) is 0 Å². The Balaban J connectivity index is 2.04. The van der Waals surface area contributed by atoms with Gasteiger partial charge in [0.05, 0.1) is 18.3 Å². The fourth-order valence-electron chi connectivity index (χ4n) is 1.79. The van der Waals surface area contributed by atoms with Crippen molar-refractivity contribution in [1.29, 1.82) is 0 Å². The van der Waals surface area contributed by atoms with E-state index in [2.05, 4.69) is 35.1 Å². The minimum Gasteiger partial charge on any atom is -0.394 e. The third-order valence-corrected chi connectivity index (χ3v) is 3.06. The summed E-state index contributed by atoms with van der Waals surface area (Å²) in [7, 11) is 0. The largest absolute Gasteiger partial charge is 0.394 e. The van der Waals surface area contributed by atoms with Crippen LogP contribution in [0, 0.1) is 0 Å². The van der Waals surface area contributed by atoms with E-state index < -0.39 is 0 Å². The third kappa shape index (κ3) is 3.48. The monoisotopic (exact) mass is 260 g/mol. The van der Waals surface area contributed by atoms with Gasteiger partial charge in [0.2, 0.25) is 0 Å². The highest BCUT2D eigenvalue weighted by Crippen LogP contribution is 2.19. The molecule has 0 aliphatic heterocycles. The first-order valence-electron chi connectivity index (χ1n) is 5.84. The van der Waals surface area contributed by atoms with Crippen molar-refractivity contribution in [3.63, 3.8) is 0 Å². The van der Waals surface area contributed by atoms with Gasteiger partial charge in [0.15, 0.2) is 0 Å². The van der Waals surface area contributed by atoms with Crippen molar-refractivity contribution in [2.75, 3.05) is 11.9 Å². The molecule has 0 aliphatic carbocycles. The molecule has 3 nitrogen and oxygen atoms in total. The molecule has 1 aromatic carbocycles. The molecule has 0 unspecified atom stereocenters. The molecule has 2 N–H and O–H groups in total. The highest BCUT2D eigenvalue weighted by Gasteiger charge is 2.09. The van der Waals surface area contributed by atoms with Crippen LogP contribution >= 0.6 is 12.6 Å². The van der Waals surface area contributed by atoms with E-state index in [1.54, 1.807) is 12.4 Å². The molecular formula is C14H16N2OS. The summed E-state index contributed by atoms with van der Waals surface area (Å²) in [4.78, 5) is 4.76. The first-order valence-corrected chi connectivity index (χ1v) is 6.28. The summed E-state index contributed by atoms with van der Waals surface area (Å²) >= 11 is 4.33. The number of benzene rings is 1. The van der Waals surface area contributed by atoms with E-state index in [1.165, 1.54) is 5.56 Å². The first kappa shape index (κ1) is 12.9. The Hall–Kier alpha value is -1.52. The number of hydrogen-bond donors (Lipinski definition) is 3. The molecule has 0 aliphatic rings. The highest BCUT2D eigenvalue weighted by atomic mass is 32.1. The van der Waals surface area contributed by atoms with Crippen LogP contribution in [0.2, 0.25) is 0 Å². The van der Waals surface area contributed by atoms with Crippen LogP contribution < -0.4 is 5.32 Å². The Kier molecular flexibility index (Phi) is 4.61. The lowest BCUT2D eigenvalue weighted by molar-refractivity contribution is 0.273. The number of rotatable bonds is 5. The van der Waals surface area contributed by atoms with E-state index in [9.17, 15) is 5.11 Å². The van der Waals surface area contributed by atoms with Crippen LogP contribution in [-0.4, -0.2) is 22.7 Å². The van der Waals surface area contributed by atoms with E-state index in [1.807, 2.05) is 24.3 Å². The second-order valence-corrected chi connectivity index (χ2v) is 4.59. The van der Waals surface area contributed by atoms with Crippen molar-refractivity contribution in [2.24, 2.45) is 0 Å². The lowest BCUT2D eigenvalue weighted by Crippen LogP contribution is -2.26. The van der Waals surface area contributed by atoms with E-state index >= 15 is 0 Å². The number of pyridine rings is 1. The summed E-state index contributed by atoms with van der Waals surface area (Å²) in [5, 5.41) is 12.7. The summed E-state index contributed by atoms with van der Waals surface area (Å²) in [6, 6.07) is 11.9. The number of hydrogen-bond acceptors (Lipinski definition) is 4. The fourth-order valence-corrected chi connectivity index (χ4v) is 1.99. The van der Waals surface area contributed by atoms with Gasteiger partial charge in [-0.25, -0.2) is 0 Å². The molecule has 4 heteroatoms. The third-order valence-electron chi connectivity index (χ3n) is 2.70. The zero-order valence-electron chi connectivity index (χ0n) is 9.95. The molecule has 1 atom stereocenters. The number of nitrogens with zero attached hydrogens (tertiary/aromatic N) is 1. The molecule has 0 fully saturated rings. The number of aliphatic hydroxyl groups excluding tert-OH is 1. The van der Waals surface area contributed by atoms with Gasteiger partial charge in [-0.1, -0.05) is 30.3 Å². The molecule has 0 bridgehead atoms. The van der Waals surface area contributed by atoms with Crippen molar-refractivity contribution in [2.45, 2.75) is 17.4 Å². The topological polar surface area (TPSA) is 45.1 Å². The number of aromatic nitrogens is 1. The first-order chi connectivity index (χ1) is 8.79. The molecule has 2 rings (SSSR count). The minimum absolute atomic E-state index is 0.0271. The maximum absolute atomic E-state index is 9.44. The highest BCUT2D eigenvalue weighted by molar-refractivity contribution is 7.80. The van der Waals surface area contributed by atoms with Crippen LogP contribution in [0.3, 0.4) is 0 Å². The Bertz CT molecular complexity index is 490. The second kappa shape index (κ2) is 6.42. The van der Waals surface area contributed by atoms with Gasteiger partial charge in [-0.3, -0.25) is 4.98 Å². The molecule has 2 aromatic rings. The molecule has 1 aromatic heterocycles. The Morgan fingerprint density at radius 2 is 2.00 bits per heavy atom. The molecule has 0 radical (unpaired) electrons. The van der Waals surface area contributed by atoms with Crippen molar-refractivity contribution < 1.29 is 5.11 Å². The predicted octanol–water partition coefficient (Wildman–Crippen LogP) is 2.39. The van der Waals surface area contributed by atoms with Crippen LogP contribution in [0.4, 0.5) is 5.69 Å². The molecule has 0 saturated carbocycles. The van der Waals surface area contributed by atoms with Crippen LogP contribution in [0.1, 0.15) is 5.56 Å². The van der Waals surface area contributed by atoms with Gasteiger partial charge in [0.1, 0.15) is 0 Å². The summed E-state index contributed by atoms with van der Waals surface area (Å²) < 4.78 is 0. The van der Waals surface area contributed by atoms with Gasteiger partial charge >= 0.3 is 0 Å². The van der Waals surface area contributed by atoms with Crippen molar-refractivity contribution >= 4 is 18.3 Å². The smallest absolute Gasteiger partial charge is 0.0636 e. The van der Waals surface area contributed by atoms with E-state index in [0.29, 0.717) is 0 Å². The minimum atomic E-state index is -0.0271. The molecule has 0 spiro atoms. The normalized spacial score (nSPS) is 12.1. The number of thiol groups is 1. The summed E-state index contributed by atoms with van der Waals surface area (Å²) in [5.41, 5.74) is 2.09. The predicted molar refractivity (Wildman–Crippen MR) is 76.1 cm³/mol. The number of anilines is 1. The maximum Gasteiger partial charge on any atom is 0.0636 e. The van der Waals surface area contributed by atoms with Crippen molar-refractivity contribution in [3.05, 3.63) is 54.4 Å². The van der Waals surface area contributed by atoms with Crippen LogP contribution in [-0.2, 0) is 6.42 Å². The Labute approximate surface area is 112 Å². The van der Waals surface area contributed by atoms with Crippen molar-refractivity contribution in [3.8, 4) is 0 Å². The lowest BCUT2D eigenvalue weighted by atomic mass is 10.1. The zero-order chi connectivity index (χ0) is 12.8. The fraction of sp³-hybridized carbons (Fsp3) is 0.214. The number of aliphatic hydroxyl groups is 1. The van der Waals surface area contributed by atoms with Gasteiger partial charge in [-0.05, 0) is 18.1 Å². The van der Waals surface area contributed by atoms with E-state index in [4.69, 9.17) is 0 Å². The standard InChI is InChI=1S/C14H16N2OS/c17-10-12(8-11-4-2-1-3-5-11)16-13-6-7-15-9-14(13)18/h1-7,9,12,17-18H,8,10H2,(H,15,16)/t12-/m0/s1. The van der Waals surface area contributed by atoms with Crippen molar-refractivity contribution in [1.82, 2.24) is 4.98 Å². The molecular weight excluding hydrogens is 244 g/mol. The second-order valence-electron chi connectivity index (χ2n) is 4.11. The summed E-state index contributed by atoms with van der Waals surface area (Å²) in [6.07, 6.45) is 4.16. The Morgan fingerprint density at radius 1 is 1.22 bits per heavy atom. The average Bonchev–Trinajstić information content (AvgIpc) is 2.41. The summed E-state index contributed by atoms with van der Waals surface area (Å²) in [6.45, 7) is 0.0738. The van der Waals surface area contributed by atoms with Gasteiger partial charge in [-0.15, -0.1) is 12.6 Å².